The molecule has 1 aromatic rings. The fourth-order valence-electron chi connectivity index (χ4n) is 4.27. The molecule has 0 amide bonds. The average molecular weight is 260 g/mol. The lowest BCUT2D eigenvalue weighted by molar-refractivity contribution is 0.0504. The smallest absolute Gasteiger partial charge is 0.119 e. The highest BCUT2D eigenvalue weighted by molar-refractivity contribution is 5.20. The van der Waals surface area contributed by atoms with Crippen molar-refractivity contribution in [2.45, 2.75) is 38.5 Å². The first kappa shape index (κ1) is 13.0. The molecule has 1 aromatic carbocycles. The third-order valence-electron chi connectivity index (χ3n) is 5.25. The number of ether oxygens (including phenoxy) is 1. The van der Waals surface area contributed by atoms with Crippen LogP contribution in [0.5, 0.6) is 5.75 Å². The standard InChI is InChI=1S/C17H24O2/c18-13-17(12-14-7-8-15(17)11-14)9-4-10-19-16-5-2-1-3-6-16/h1-3,5-6,14-15,18H,4,7-13H2. The van der Waals surface area contributed by atoms with Gasteiger partial charge in [0.1, 0.15) is 5.75 Å². The molecule has 3 unspecified atom stereocenters. The van der Waals surface area contributed by atoms with Crippen LogP contribution in [-0.4, -0.2) is 18.3 Å². The molecule has 0 aliphatic heterocycles. The Morgan fingerprint density at radius 3 is 2.68 bits per heavy atom. The molecule has 3 atom stereocenters. The maximum atomic E-state index is 9.81. The zero-order valence-electron chi connectivity index (χ0n) is 11.6. The molecule has 19 heavy (non-hydrogen) atoms. The van der Waals surface area contributed by atoms with Crippen molar-refractivity contribution in [3.05, 3.63) is 30.3 Å². The average Bonchev–Trinajstić information content (AvgIpc) is 3.06. The molecule has 2 saturated carbocycles. The van der Waals surface area contributed by atoms with Gasteiger partial charge in [-0.2, -0.15) is 0 Å². The van der Waals surface area contributed by atoms with Crippen LogP contribution >= 0.6 is 0 Å². The van der Waals surface area contributed by atoms with Gasteiger partial charge in [0.2, 0.25) is 0 Å². The molecular weight excluding hydrogens is 236 g/mol. The Morgan fingerprint density at radius 1 is 1.21 bits per heavy atom. The second kappa shape index (κ2) is 5.54. The Balaban J connectivity index is 1.47. The fourth-order valence-corrected chi connectivity index (χ4v) is 4.27. The van der Waals surface area contributed by atoms with Crippen molar-refractivity contribution in [1.29, 1.82) is 0 Å². The Bertz CT molecular complexity index is 403. The van der Waals surface area contributed by atoms with Gasteiger partial charge in [-0.3, -0.25) is 0 Å². The van der Waals surface area contributed by atoms with Crippen molar-refractivity contribution in [1.82, 2.24) is 0 Å². The minimum absolute atomic E-state index is 0.225. The van der Waals surface area contributed by atoms with E-state index in [0.29, 0.717) is 6.61 Å². The summed E-state index contributed by atoms with van der Waals surface area (Å²) in [6.45, 7) is 1.14. The van der Waals surface area contributed by atoms with E-state index in [4.69, 9.17) is 4.74 Å². The molecule has 2 aliphatic carbocycles. The normalized spacial score (nSPS) is 32.7. The first-order valence-corrected chi connectivity index (χ1v) is 7.61. The zero-order valence-corrected chi connectivity index (χ0v) is 11.6. The fraction of sp³-hybridized carbons (Fsp3) is 0.647. The van der Waals surface area contributed by atoms with Crippen molar-refractivity contribution in [2.75, 3.05) is 13.2 Å². The highest BCUT2D eigenvalue weighted by atomic mass is 16.5. The number of aliphatic hydroxyl groups excluding tert-OH is 1. The summed E-state index contributed by atoms with van der Waals surface area (Å²) in [6.07, 6.45) is 7.52. The molecular formula is C17H24O2. The number of rotatable bonds is 6. The quantitative estimate of drug-likeness (QED) is 0.791. The maximum absolute atomic E-state index is 9.81. The topological polar surface area (TPSA) is 29.5 Å². The van der Waals surface area contributed by atoms with Crippen LogP contribution in [0.25, 0.3) is 0 Å². The van der Waals surface area contributed by atoms with E-state index in [1.165, 1.54) is 25.7 Å². The van der Waals surface area contributed by atoms with Gasteiger partial charge in [-0.15, -0.1) is 0 Å². The second-order valence-corrected chi connectivity index (χ2v) is 6.37. The first-order valence-electron chi connectivity index (χ1n) is 7.61. The summed E-state index contributed by atoms with van der Waals surface area (Å²) >= 11 is 0. The number of hydrogen-bond donors (Lipinski definition) is 1. The van der Waals surface area contributed by atoms with Crippen LogP contribution in [0.3, 0.4) is 0 Å². The van der Waals surface area contributed by atoms with Crippen molar-refractivity contribution < 1.29 is 9.84 Å². The van der Waals surface area contributed by atoms with E-state index in [1.54, 1.807) is 0 Å². The van der Waals surface area contributed by atoms with Gasteiger partial charge in [-0.25, -0.2) is 0 Å². The zero-order chi connectivity index (χ0) is 13.1. The van der Waals surface area contributed by atoms with E-state index in [0.717, 1.165) is 37.0 Å². The van der Waals surface area contributed by atoms with Gasteiger partial charge in [0.05, 0.1) is 6.61 Å². The SMILES string of the molecule is OCC1(CCCOc2ccccc2)CC2CCC1C2. The molecule has 2 nitrogen and oxygen atoms in total. The van der Waals surface area contributed by atoms with Gasteiger partial charge in [0, 0.05) is 6.61 Å². The summed E-state index contributed by atoms with van der Waals surface area (Å²) < 4.78 is 5.75. The van der Waals surface area contributed by atoms with Crippen molar-refractivity contribution >= 4 is 0 Å². The van der Waals surface area contributed by atoms with Crippen LogP contribution < -0.4 is 4.74 Å². The Kier molecular flexibility index (Phi) is 3.79. The third kappa shape index (κ3) is 2.64. The minimum atomic E-state index is 0.225. The molecule has 0 heterocycles. The van der Waals surface area contributed by atoms with Crippen LogP contribution in [-0.2, 0) is 0 Å². The molecule has 2 fully saturated rings. The van der Waals surface area contributed by atoms with E-state index in [-0.39, 0.29) is 5.41 Å². The lowest BCUT2D eigenvalue weighted by Gasteiger charge is -2.36. The summed E-state index contributed by atoms with van der Waals surface area (Å²) in [5, 5.41) is 9.81. The van der Waals surface area contributed by atoms with Crippen LogP contribution in [0.1, 0.15) is 38.5 Å². The summed E-state index contributed by atoms with van der Waals surface area (Å²) in [4.78, 5) is 0. The highest BCUT2D eigenvalue weighted by Gasteiger charge is 2.49. The van der Waals surface area contributed by atoms with Crippen molar-refractivity contribution in [3.8, 4) is 5.75 Å². The lowest BCUT2D eigenvalue weighted by Crippen LogP contribution is -2.32. The van der Waals surface area contributed by atoms with Crippen LogP contribution in [0.4, 0.5) is 0 Å². The number of aliphatic hydroxyl groups is 1. The Hall–Kier alpha value is -1.02. The van der Waals surface area contributed by atoms with Gasteiger partial charge < -0.3 is 9.84 Å². The molecule has 0 aromatic heterocycles. The molecule has 2 aliphatic rings. The number of hydrogen-bond acceptors (Lipinski definition) is 2. The van der Waals surface area contributed by atoms with Crippen LogP contribution in [0.15, 0.2) is 30.3 Å². The van der Waals surface area contributed by atoms with E-state index in [1.807, 2.05) is 30.3 Å². The molecule has 3 rings (SSSR count). The van der Waals surface area contributed by atoms with Crippen molar-refractivity contribution in [3.63, 3.8) is 0 Å². The van der Waals surface area contributed by atoms with Gasteiger partial charge in [-0.1, -0.05) is 24.6 Å². The highest BCUT2D eigenvalue weighted by Crippen LogP contribution is 2.57. The van der Waals surface area contributed by atoms with E-state index in [2.05, 4.69) is 0 Å². The molecule has 2 bridgehead atoms. The molecule has 2 heteroatoms. The summed E-state index contributed by atoms with van der Waals surface area (Å²) in [6, 6.07) is 10.0. The predicted octanol–water partition coefficient (Wildman–Crippen LogP) is 3.64. The predicted molar refractivity (Wildman–Crippen MR) is 76.1 cm³/mol. The summed E-state index contributed by atoms with van der Waals surface area (Å²) in [7, 11) is 0. The van der Waals surface area contributed by atoms with Gasteiger partial charge in [-0.05, 0) is 61.5 Å². The minimum Gasteiger partial charge on any atom is -0.494 e. The molecule has 0 saturated heterocycles. The molecule has 104 valence electrons. The van der Waals surface area contributed by atoms with E-state index < -0.39 is 0 Å². The number of fused-ring (bicyclic) bond motifs is 2. The molecule has 0 radical (unpaired) electrons. The van der Waals surface area contributed by atoms with Gasteiger partial charge in [0.25, 0.3) is 0 Å². The van der Waals surface area contributed by atoms with Crippen LogP contribution in [0, 0.1) is 17.3 Å². The monoisotopic (exact) mass is 260 g/mol. The third-order valence-corrected chi connectivity index (χ3v) is 5.25. The Labute approximate surface area is 115 Å². The van der Waals surface area contributed by atoms with Gasteiger partial charge >= 0.3 is 0 Å². The second-order valence-electron chi connectivity index (χ2n) is 6.37. The lowest BCUT2D eigenvalue weighted by atomic mass is 9.71. The van der Waals surface area contributed by atoms with Crippen LogP contribution in [0.2, 0.25) is 0 Å². The van der Waals surface area contributed by atoms with E-state index >= 15 is 0 Å². The number of para-hydroxylation sites is 1. The molecule has 0 spiro atoms. The van der Waals surface area contributed by atoms with Gasteiger partial charge in [0.15, 0.2) is 0 Å². The number of benzene rings is 1. The maximum Gasteiger partial charge on any atom is 0.119 e. The Morgan fingerprint density at radius 2 is 2.05 bits per heavy atom. The molecule has 1 N–H and O–H groups in total. The largest absolute Gasteiger partial charge is 0.494 e. The first-order chi connectivity index (χ1) is 9.32. The summed E-state index contributed by atoms with van der Waals surface area (Å²) in [5.74, 6) is 2.62. The van der Waals surface area contributed by atoms with E-state index in [9.17, 15) is 5.11 Å². The summed E-state index contributed by atoms with van der Waals surface area (Å²) in [5.41, 5.74) is 0.225. The van der Waals surface area contributed by atoms with Crippen molar-refractivity contribution in [2.24, 2.45) is 17.3 Å².